The number of carbonyl (C=O) groups excluding carboxylic acids is 1. The summed E-state index contributed by atoms with van der Waals surface area (Å²) in [7, 11) is 0. The number of nitrogens with zero attached hydrogens (tertiary/aromatic N) is 1. The molecule has 114 valence electrons. The number of aryl methyl sites for hydroxylation is 1. The Hall–Kier alpha value is -0.710. The number of hydrogen-bond donors (Lipinski definition) is 1. The lowest BCUT2D eigenvalue weighted by molar-refractivity contribution is -0.133. The maximum atomic E-state index is 12.3. The number of thioether (sulfide) groups is 1. The highest BCUT2D eigenvalue weighted by Crippen LogP contribution is 2.12. The third-order valence-electron chi connectivity index (χ3n) is 3.27. The molecule has 0 spiro atoms. The molecule has 0 saturated carbocycles. The van der Waals surface area contributed by atoms with Crippen LogP contribution < -0.4 is 5.73 Å². The van der Waals surface area contributed by atoms with Gasteiger partial charge in [-0.1, -0.05) is 24.3 Å². The minimum atomic E-state index is -0.378. The van der Waals surface area contributed by atoms with Crippen LogP contribution in [-0.2, 0) is 11.3 Å². The van der Waals surface area contributed by atoms with Crippen LogP contribution in [0, 0.1) is 6.92 Å². The van der Waals surface area contributed by atoms with Crippen molar-refractivity contribution in [2.24, 2.45) is 5.73 Å². The molecule has 0 bridgehead atoms. The summed E-state index contributed by atoms with van der Waals surface area (Å²) >= 11 is 1.72. The molecule has 5 heteroatoms. The monoisotopic (exact) mass is 316 g/mol. The first-order chi connectivity index (χ1) is 9.10. The molecule has 1 amide bonds. The largest absolute Gasteiger partial charge is 0.337 e. The van der Waals surface area contributed by atoms with E-state index in [9.17, 15) is 4.79 Å². The molecule has 0 aromatic heterocycles. The van der Waals surface area contributed by atoms with E-state index >= 15 is 0 Å². The molecule has 20 heavy (non-hydrogen) atoms. The van der Waals surface area contributed by atoms with Crippen molar-refractivity contribution in [3.05, 3.63) is 35.4 Å². The van der Waals surface area contributed by atoms with Gasteiger partial charge in [0.25, 0.3) is 0 Å². The molecule has 2 N–H and O–H groups in total. The molecule has 0 aliphatic rings. The summed E-state index contributed by atoms with van der Waals surface area (Å²) in [5, 5.41) is 0. The Morgan fingerprint density at radius 2 is 2.05 bits per heavy atom. The fraction of sp³-hybridized carbons (Fsp3) is 0.533. The average molecular weight is 317 g/mol. The quantitative estimate of drug-likeness (QED) is 0.841. The molecule has 0 aliphatic carbocycles. The maximum Gasteiger partial charge on any atom is 0.239 e. The molecule has 1 aromatic carbocycles. The lowest BCUT2D eigenvalue weighted by Crippen LogP contribution is -2.43. The third kappa shape index (κ3) is 5.73. The summed E-state index contributed by atoms with van der Waals surface area (Å²) < 4.78 is 0. The average Bonchev–Trinajstić information content (AvgIpc) is 2.43. The summed E-state index contributed by atoms with van der Waals surface area (Å²) in [5.74, 6) is 0.981. The van der Waals surface area contributed by atoms with E-state index in [4.69, 9.17) is 5.73 Å². The van der Waals surface area contributed by atoms with Crippen LogP contribution in [0.5, 0.6) is 0 Å². The molecule has 0 radical (unpaired) electrons. The van der Waals surface area contributed by atoms with Crippen molar-refractivity contribution in [1.29, 1.82) is 0 Å². The number of hydrogen-bond acceptors (Lipinski definition) is 3. The van der Waals surface area contributed by atoms with E-state index in [-0.39, 0.29) is 24.4 Å². The standard InChI is InChI=1S/C15H24N2OS.ClH/c1-4-17(15(18)14(16)9-10-19-3)11-13-8-6-5-7-12(13)2;/h5-8,14H,4,9-11,16H2,1-3H3;1H/t14-;/m0./s1. The van der Waals surface area contributed by atoms with E-state index in [2.05, 4.69) is 19.1 Å². The van der Waals surface area contributed by atoms with Gasteiger partial charge < -0.3 is 10.6 Å². The van der Waals surface area contributed by atoms with Gasteiger partial charge in [-0.05, 0) is 43.4 Å². The minimum absolute atomic E-state index is 0. The van der Waals surface area contributed by atoms with Crippen molar-refractivity contribution in [3.8, 4) is 0 Å². The Labute approximate surface area is 132 Å². The van der Waals surface area contributed by atoms with Crippen LogP contribution in [0.4, 0.5) is 0 Å². The number of amides is 1. The van der Waals surface area contributed by atoms with Crippen LogP contribution in [0.3, 0.4) is 0 Å². The molecule has 0 saturated heterocycles. The fourth-order valence-electron chi connectivity index (χ4n) is 1.94. The molecular formula is C15H25ClN2OS. The van der Waals surface area contributed by atoms with E-state index in [0.717, 1.165) is 12.2 Å². The Morgan fingerprint density at radius 1 is 1.40 bits per heavy atom. The van der Waals surface area contributed by atoms with Crippen LogP contribution in [0.15, 0.2) is 24.3 Å². The SMILES string of the molecule is CCN(Cc1ccccc1C)C(=O)[C@@H](N)CCSC.Cl. The highest BCUT2D eigenvalue weighted by Gasteiger charge is 2.19. The van der Waals surface area contributed by atoms with Crippen molar-refractivity contribution >= 4 is 30.1 Å². The molecular weight excluding hydrogens is 292 g/mol. The fourth-order valence-corrected chi connectivity index (χ4v) is 2.43. The highest BCUT2D eigenvalue weighted by molar-refractivity contribution is 7.98. The van der Waals surface area contributed by atoms with Crippen molar-refractivity contribution in [2.45, 2.75) is 32.9 Å². The van der Waals surface area contributed by atoms with Gasteiger partial charge >= 0.3 is 0 Å². The second-order valence-electron chi connectivity index (χ2n) is 4.67. The summed E-state index contributed by atoms with van der Waals surface area (Å²) in [6.07, 6.45) is 2.77. The first kappa shape index (κ1) is 19.3. The smallest absolute Gasteiger partial charge is 0.239 e. The first-order valence-electron chi connectivity index (χ1n) is 6.68. The number of benzene rings is 1. The van der Waals surface area contributed by atoms with Gasteiger partial charge in [0.15, 0.2) is 0 Å². The summed E-state index contributed by atoms with van der Waals surface area (Å²) in [4.78, 5) is 14.1. The van der Waals surface area contributed by atoms with Crippen LogP contribution in [0.25, 0.3) is 0 Å². The van der Waals surface area contributed by atoms with Crippen LogP contribution >= 0.6 is 24.2 Å². The van der Waals surface area contributed by atoms with Crippen molar-refractivity contribution < 1.29 is 4.79 Å². The Balaban J connectivity index is 0.00000361. The molecule has 1 aromatic rings. The third-order valence-corrected chi connectivity index (χ3v) is 3.91. The van der Waals surface area contributed by atoms with Gasteiger partial charge in [0.1, 0.15) is 0 Å². The molecule has 3 nitrogen and oxygen atoms in total. The van der Waals surface area contributed by atoms with Gasteiger partial charge in [-0.15, -0.1) is 12.4 Å². The summed E-state index contributed by atoms with van der Waals surface area (Å²) in [6, 6.07) is 7.78. The predicted octanol–water partition coefficient (Wildman–Crippen LogP) is 2.85. The van der Waals surface area contributed by atoms with Gasteiger partial charge in [-0.2, -0.15) is 11.8 Å². The maximum absolute atomic E-state index is 12.3. The van der Waals surface area contributed by atoms with Crippen LogP contribution in [0.1, 0.15) is 24.5 Å². The molecule has 0 aliphatic heterocycles. The van der Waals surface area contributed by atoms with E-state index in [1.807, 2.05) is 30.2 Å². The highest BCUT2D eigenvalue weighted by atomic mass is 35.5. The molecule has 0 fully saturated rings. The summed E-state index contributed by atoms with van der Waals surface area (Å²) in [5.41, 5.74) is 8.37. The van der Waals surface area contributed by atoms with Gasteiger partial charge in [-0.25, -0.2) is 0 Å². The lowest BCUT2D eigenvalue weighted by Gasteiger charge is -2.25. The van der Waals surface area contributed by atoms with Crippen molar-refractivity contribution in [3.63, 3.8) is 0 Å². The Bertz CT molecular complexity index is 415. The topological polar surface area (TPSA) is 46.3 Å². The minimum Gasteiger partial charge on any atom is -0.337 e. The number of likely N-dealkylation sites (N-methyl/N-ethyl adjacent to an activating group) is 1. The number of nitrogens with two attached hydrogens (primary N) is 1. The zero-order valence-electron chi connectivity index (χ0n) is 12.5. The normalized spacial score (nSPS) is 11.6. The Kier molecular flexibility index (Phi) is 9.72. The second kappa shape index (κ2) is 10.1. The zero-order valence-corrected chi connectivity index (χ0v) is 14.1. The predicted molar refractivity (Wildman–Crippen MR) is 90.5 cm³/mol. The second-order valence-corrected chi connectivity index (χ2v) is 5.65. The lowest BCUT2D eigenvalue weighted by atomic mass is 10.1. The number of carbonyl (C=O) groups is 1. The van der Waals surface area contributed by atoms with E-state index in [0.29, 0.717) is 13.1 Å². The van der Waals surface area contributed by atoms with Crippen molar-refractivity contribution in [1.82, 2.24) is 4.90 Å². The molecule has 0 heterocycles. The molecule has 1 rings (SSSR count). The zero-order chi connectivity index (χ0) is 14.3. The molecule has 1 atom stereocenters. The van der Waals surface area contributed by atoms with Gasteiger partial charge in [0, 0.05) is 13.1 Å². The van der Waals surface area contributed by atoms with Gasteiger partial charge in [0.2, 0.25) is 5.91 Å². The van der Waals surface area contributed by atoms with Crippen LogP contribution in [-0.4, -0.2) is 35.4 Å². The van der Waals surface area contributed by atoms with Crippen LogP contribution in [0.2, 0.25) is 0 Å². The number of rotatable bonds is 7. The number of halogens is 1. The Morgan fingerprint density at radius 3 is 2.60 bits per heavy atom. The van der Waals surface area contributed by atoms with E-state index < -0.39 is 0 Å². The van der Waals surface area contributed by atoms with E-state index in [1.54, 1.807) is 11.8 Å². The molecule has 0 unspecified atom stereocenters. The van der Waals surface area contributed by atoms with Gasteiger partial charge in [-0.3, -0.25) is 4.79 Å². The summed E-state index contributed by atoms with van der Waals surface area (Å²) in [6.45, 7) is 5.41. The van der Waals surface area contributed by atoms with Crippen molar-refractivity contribution in [2.75, 3.05) is 18.6 Å². The van der Waals surface area contributed by atoms with Gasteiger partial charge in [0.05, 0.1) is 6.04 Å². The first-order valence-corrected chi connectivity index (χ1v) is 8.07. The van der Waals surface area contributed by atoms with E-state index in [1.165, 1.54) is 11.1 Å².